The molecule has 2 aromatic rings. The Morgan fingerprint density at radius 3 is 3.00 bits per heavy atom. The average molecular weight is 250 g/mol. The summed E-state index contributed by atoms with van der Waals surface area (Å²) in [6.07, 6.45) is -0.273. The summed E-state index contributed by atoms with van der Waals surface area (Å²) in [6, 6.07) is 6.22. The third kappa shape index (κ3) is 1.94. The molecule has 0 bridgehead atoms. The number of ether oxygens (including phenoxy) is 1. The van der Waals surface area contributed by atoms with Crippen molar-refractivity contribution >= 4 is 11.3 Å². The van der Waals surface area contributed by atoms with Gasteiger partial charge in [0.15, 0.2) is 0 Å². The maximum absolute atomic E-state index is 13.1. The molecule has 1 aromatic carbocycles. The minimum absolute atomic E-state index is 0.189. The maximum atomic E-state index is 13.1. The van der Waals surface area contributed by atoms with E-state index in [1.807, 2.05) is 16.8 Å². The molecule has 0 saturated heterocycles. The van der Waals surface area contributed by atoms with Gasteiger partial charge in [0.25, 0.3) is 0 Å². The Balaban J connectivity index is 1.97. The molecule has 1 aromatic heterocycles. The van der Waals surface area contributed by atoms with E-state index in [1.54, 1.807) is 17.4 Å². The third-order valence-electron chi connectivity index (χ3n) is 2.96. The van der Waals surface area contributed by atoms with Crippen LogP contribution in [0.15, 0.2) is 35.0 Å². The summed E-state index contributed by atoms with van der Waals surface area (Å²) in [7, 11) is 0. The van der Waals surface area contributed by atoms with Crippen LogP contribution < -0.4 is 4.74 Å². The monoisotopic (exact) mass is 250 g/mol. The highest BCUT2D eigenvalue weighted by atomic mass is 32.1. The summed E-state index contributed by atoms with van der Waals surface area (Å²) in [5.41, 5.74) is 1.70. The molecule has 17 heavy (non-hydrogen) atoms. The van der Waals surface area contributed by atoms with Crippen LogP contribution in [-0.4, -0.2) is 5.11 Å². The Morgan fingerprint density at radius 1 is 1.35 bits per heavy atom. The molecule has 0 fully saturated rings. The number of aliphatic hydroxyl groups excluding tert-OH is 1. The summed E-state index contributed by atoms with van der Waals surface area (Å²) in [4.78, 5) is 0. The Labute approximate surface area is 102 Å². The number of benzene rings is 1. The number of hydrogen-bond acceptors (Lipinski definition) is 3. The topological polar surface area (TPSA) is 29.5 Å². The van der Waals surface area contributed by atoms with Crippen LogP contribution in [-0.2, 0) is 0 Å². The van der Waals surface area contributed by atoms with E-state index in [0.29, 0.717) is 17.7 Å². The van der Waals surface area contributed by atoms with Crippen molar-refractivity contribution in [1.82, 2.24) is 0 Å². The molecule has 1 N–H and O–H groups in total. The lowest BCUT2D eigenvalue weighted by atomic mass is 9.96. The summed E-state index contributed by atoms with van der Waals surface area (Å²) in [5, 5.41) is 14.0. The van der Waals surface area contributed by atoms with Crippen molar-refractivity contribution < 1.29 is 14.2 Å². The number of thiophene rings is 1. The summed E-state index contributed by atoms with van der Waals surface area (Å²) < 4.78 is 18.9. The number of rotatable bonds is 1. The van der Waals surface area contributed by atoms with Crippen LogP contribution in [0, 0.1) is 5.82 Å². The third-order valence-corrected chi connectivity index (χ3v) is 3.66. The lowest BCUT2D eigenvalue weighted by molar-refractivity contribution is 0.0656. The van der Waals surface area contributed by atoms with E-state index >= 15 is 0 Å². The largest absolute Gasteiger partial charge is 0.485 e. The van der Waals surface area contributed by atoms with Crippen molar-refractivity contribution in [3.05, 3.63) is 52.0 Å². The second-order valence-electron chi connectivity index (χ2n) is 4.10. The Hall–Kier alpha value is -1.39. The molecular weight excluding hydrogens is 239 g/mol. The van der Waals surface area contributed by atoms with Crippen molar-refractivity contribution in [1.29, 1.82) is 0 Å². The van der Waals surface area contributed by atoms with Gasteiger partial charge in [-0.05, 0) is 29.0 Å². The van der Waals surface area contributed by atoms with Gasteiger partial charge in [0.2, 0.25) is 0 Å². The summed E-state index contributed by atoms with van der Waals surface area (Å²) >= 11 is 1.58. The smallest absolute Gasteiger partial charge is 0.128 e. The number of fused-ring (bicyclic) bond motifs is 1. The molecule has 2 unspecified atom stereocenters. The van der Waals surface area contributed by atoms with Crippen LogP contribution >= 0.6 is 11.3 Å². The number of halogens is 1. The van der Waals surface area contributed by atoms with Gasteiger partial charge >= 0.3 is 0 Å². The molecule has 2 heterocycles. The maximum Gasteiger partial charge on any atom is 0.128 e. The number of aliphatic hydroxyl groups is 1. The Kier molecular flexibility index (Phi) is 2.61. The van der Waals surface area contributed by atoms with Crippen LogP contribution in [0.25, 0.3) is 0 Å². The quantitative estimate of drug-likeness (QED) is 0.840. The predicted molar refractivity (Wildman–Crippen MR) is 63.7 cm³/mol. The van der Waals surface area contributed by atoms with Crippen LogP contribution in [0.5, 0.6) is 5.75 Å². The van der Waals surface area contributed by atoms with Crippen LogP contribution in [0.3, 0.4) is 0 Å². The van der Waals surface area contributed by atoms with E-state index < -0.39 is 6.10 Å². The predicted octanol–water partition coefficient (Wildman–Crippen LogP) is 3.44. The molecular formula is C13H11FO2S. The first-order chi connectivity index (χ1) is 8.24. The SMILES string of the molecule is OC1CC(c2ccsc2)Oc2cc(F)ccc21. The first kappa shape index (κ1) is 10.7. The highest BCUT2D eigenvalue weighted by molar-refractivity contribution is 7.07. The lowest BCUT2D eigenvalue weighted by Gasteiger charge is -2.29. The first-order valence-electron chi connectivity index (χ1n) is 5.40. The molecule has 0 radical (unpaired) electrons. The fourth-order valence-electron chi connectivity index (χ4n) is 2.08. The normalized spacial score (nSPS) is 22.9. The van der Waals surface area contributed by atoms with Gasteiger partial charge < -0.3 is 9.84 Å². The van der Waals surface area contributed by atoms with Crippen LogP contribution in [0.1, 0.15) is 29.8 Å². The minimum atomic E-state index is -0.593. The molecule has 0 aliphatic carbocycles. The highest BCUT2D eigenvalue weighted by Crippen LogP contribution is 2.41. The van der Waals surface area contributed by atoms with Crippen molar-refractivity contribution in [3.8, 4) is 5.75 Å². The van der Waals surface area contributed by atoms with Gasteiger partial charge in [0.05, 0.1) is 6.10 Å². The molecule has 2 atom stereocenters. The molecule has 0 amide bonds. The molecule has 0 spiro atoms. The van der Waals surface area contributed by atoms with Gasteiger partial charge in [-0.1, -0.05) is 0 Å². The average Bonchev–Trinajstić information content (AvgIpc) is 2.81. The zero-order valence-corrected chi connectivity index (χ0v) is 9.78. The second-order valence-corrected chi connectivity index (χ2v) is 4.88. The lowest BCUT2D eigenvalue weighted by Crippen LogP contribution is -2.18. The van der Waals surface area contributed by atoms with E-state index in [1.165, 1.54) is 12.1 Å². The van der Waals surface area contributed by atoms with E-state index in [9.17, 15) is 9.50 Å². The Bertz CT molecular complexity index is 524. The van der Waals surface area contributed by atoms with Crippen LogP contribution in [0.4, 0.5) is 4.39 Å². The molecule has 88 valence electrons. The Morgan fingerprint density at radius 2 is 2.24 bits per heavy atom. The van der Waals surface area contributed by atoms with Gasteiger partial charge in [-0.15, -0.1) is 0 Å². The molecule has 2 nitrogen and oxygen atoms in total. The second kappa shape index (κ2) is 4.13. The van der Waals surface area contributed by atoms with Gasteiger partial charge in [0.1, 0.15) is 17.7 Å². The van der Waals surface area contributed by atoms with Gasteiger partial charge in [-0.25, -0.2) is 4.39 Å². The van der Waals surface area contributed by atoms with Crippen molar-refractivity contribution in [2.24, 2.45) is 0 Å². The van der Waals surface area contributed by atoms with Crippen LogP contribution in [0.2, 0.25) is 0 Å². The van der Waals surface area contributed by atoms with Gasteiger partial charge in [-0.2, -0.15) is 11.3 Å². The van der Waals surface area contributed by atoms with E-state index in [0.717, 1.165) is 5.56 Å². The first-order valence-corrected chi connectivity index (χ1v) is 6.34. The van der Waals surface area contributed by atoms with E-state index in [2.05, 4.69) is 0 Å². The fraction of sp³-hybridized carbons (Fsp3) is 0.231. The molecule has 1 aliphatic rings. The molecule has 3 rings (SSSR count). The number of hydrogen-bond donors (Lipinski definition) is 1. The summed E-state index contributed by atoms with van der Waals surface area (Å²) in [5.74, 6) is 0.0990. The standard InChI is InChI=1S/C13H11FO2S/c14-9-1-2-10-11(15)6-12(16-13(10)5-9)8-3-4-17-7-8/h1-5,7,11-12,15H,6H2. The van der Waals surface area contributed by atoms with Gasteiger partial charge in [-0.3, -0.25) is 0 Å². The molecule has 1 aliphatic heterocycles. The zero-order chi connectivity index (χ0) is 11.8. The highest BCUT2D eigenvalue weighted by Gasteiger charge is 2.28. The van der Waals surface area contributed by atoms with E-state index in [4.69, 9.17) is 4.74 Å². The van der Waals surface area contributed by atoms with Crippen molar-refractivity contribution in [2.75, 3.05) is 0 Å². The van der Waals surface area contributed by atoms with Crippen molar-refractivity contribution in [2.45, 2.75) is 18.6 Å². The minimum Gasteiger partial charge on any atom is -0.485 e. The van der Waals surface area contributed by atoms with Gasteiger partial charge in [0, 0.05) is 23.6 Å². The molecule has 0 saturated carbocycles. The van der Waals surface area contributed by atoms with E-state index in [-0.39, 0.29) is 11.9 Å². The van der Waals surface area contributed by atoms with Crippen molar-refractivity contribution in [3.63, 3.8) is 0 Å². The zero-order valence-electron chi connectivity index (χ0n) is 8.97. The summed E-state index contributed by atoms with van der Waals surface area (Å²) in [6.45, 7) is 0. The fourth-order valence-corrected chi connectivity index (χ4v) is 2.78. The molecule has 4 heteroatoms.